The first-order valence-electron chi connectivity index (χ1n) is 5.38. The van der Waals surface area contributed by atoms with Gasteiger partial charge in [-0.05, 0) is 46.1 Å². The van der Waals surface area contributed by atoms with E-state index in [-0.39, 0.29) is 11.5 Å². The van der Waals surface area contributed by atoms with Crippen molar-refractivity contribution in [3.05, 3.63) is 28.5 Å². The summed E-state index contributed by atoms with van der Waals surface area (Å²) in [7, 11) is -0.719. The van der Waals surface area contributed by atoms with Gasteiger partial charge in [-0.15, -0.1) is 0 Å². The van der Waals surface area contributed by atoms with Crippen LogP contribution in [0.4, 0.5) is 0 Å². The molecule has 16 heavy (non-hydrogen) atoms. The first-order valence-corrected chi connectivity index (χ1v) is 8.58. The average Bonchev–Trinajstić information content (AvgIpc) is 2.12. The van der Waals surface area contributed by atoms with E-state index in [1.165, 1.54) is 0 Å². The van der Waals surface area contributed by atoms with Crippen LogP contribution >= 0.6 is 15.9 Å². The van der Waals surface area contributed by atoms with Crippen molar-refractivity contribution >= 4 is 25.0 Å². The Balaban J connectivity index is 3.01. The predicted octanol–water partition coefficient (Wildman–Crippen LogP) is 4.20. The van der Waals surface area contributed by atoms with E-state index in [4.69, 9.17) is 4.43 Å². The molecular weight excluding hydrogens is 282 g/mol. The largest absolute Gasteiger partial charge is 0.410 e. The number of nitrogens with zero attached hydrogens (tertiary/aromatic N) is 1. The molecule has 0 aliphatic heterocycles. The lowest BCUT2D eigenvalue weighted by atomic mass is 9.85. The Hall–Kier alpha value is -0.193. The Bertz CT molecular complexity index is 349. The molecule has 0 N–H and O–H groups in total. The molecule has 1 aromatic rings. The molecule has 1 unspecified atom stereocenters. The summed E-state index contributed by atoms with van der Waals surface area (Å²) in [6.45, 7) is 10.9. The van der Waals surface area contributed by atoms with Crippen molar-refractivity contribution in [2.45, 2.75) is 40.0 Å². The molecule has 1 heterocycles. The van der Waals surface area contributed by atoms with Gasteiger partial charge in [-0.3, -0.25) is 4.98 Å². The van der Waals surface area contributed by atoms with Gasteiger partial charge in [-0.1, -0.05) is 20.8 Å². The van der Waals surface area contributed by atoms with Crippen LogP contribution in [0.5, 0.6) is 0 Å². The highest BCUT2D eigenvalue weighted by atomic mass is 79.9. The predicted molar refractivity (Wildman–Crippen MR) is 72.7 cm³/mol. The molecule has 4 heteroatoms. The lowest BCUT2D eigenvalue weighted by molar-refractivity contribution is 0.0862. The average molecular weight is 301 g/mol. The Morgan fingerprint density at radius 3 is 2.38 bits per heavy atom. The number of rotatable bonds is 3. The zero-order valence-corrected chi connectivity index (χ0v) is 13.1. The molecule has 0 aliphatic carbocycles. The molecule has 0 saturated carbocycles. The van der Waals surface area contributed by atoms with Crippen molar-refractivity contribution in [3.8, 4) is 0 Å². The molecule has 0 amide bonds. The van der Waals surface area contributed by atoms with Crippen molar-refractivity contribution in [2.75, 3.05) is 0 Å². The highest BCUT2D eigenvalue weighted by molar-refractivity contribution is 9.10. The van der Waals surface area contributed by atoms with E-state index in [1.807, 2.05) is 6.20 Å². The Labute approximate surface area is 108 Å². The standard InChI is InChI=1S/C12H19BrNOSi/c1-12(2,3)11(15-16(4)5)9-6-10(13)8-14-7-9/h6-8,11H,1-5H3. The minimum Gasteiger partial charge on any atom is -0.410 e. The minimum atomic E-state index is -0.719. The third kappa shape index (κ3) is 4.00. The molecule has 2 nitrogen and oxygen atoms in total. The summed E-state index contributed by atoms with van der Waals surface area (Å²) in [5.74, 6) is 0. The summed E-state index contributed by atoms with van der Waals surface area (Å²) in [5, 5.41) is 0. The Morgan fingerprint density at radius 1 is 1.31 bits per heavy atom. The number of pyridine rings is 1. The van der Waals surface area contributed by atoms with Crippen LogP contribution in [0.15, 0.2) is 22.9 Å². The quantitative estimate of drug-likeness (QED) is 0.781. The Kier molecular flexibility index (Phi) is 4.70. The fourth-order valence-electron chi connectivity index (χ4n) is 1.55. The maximum absolute atomic E-state index is 6.10. The van der Waals surface area contributed by atoms with Crippen LogP contribution in [-0.2, 0) is 4.43 Å². The van der Waals surface area contributed by atoms with Gasteiger partial charge in [0.25, 0.3) is 0 Å². The first-order chi connectivity index (χ1) is 7.30. The number of aromatic nitrogens is 1. The molecule has 0 aliphatic rings. The van der Waals surface area contributed by atoms with E-state index in [0.717, 1.165) is 10.0 Å². The van der Waals surface area contributed by atoms with E-state index in [1.54, 1.807) is 6.20 Å². The maximum Gasteiger partial charge on any atom is 0.205 e. The van der Waals surface area contributed by atoms with Gasteiger partial charge < -0.3 is 4.43 Å². The van der Waals surface area contributed by atoms with E-state index >= 15 is 0 Å². The summed E-state index contributed by atoms with van der Waals surface area (Å²) in [6.07, 6.45) is 3.81. The highest BCUT2D eigenvalue weighted by Gasteiger charge is 2.28. The summed E-state index contributed by atoms with van der Waals surface area (Å²) >= 11 is 3.45. The molecule has 0 aromatic carbocycles. The highest BCUT2D eigenvalue weighted by Crippen LogP contribution is 2.36. The van der Waals surface area contributed by atoms with Crippen LogP contribution in [0, 0.1) is 5.41 Å². The second-order valence-electron chi connectivity index (χ2n) is 5.21. The van der Waals surface area contributed by atoms with Crippen molar-refractivity contribution < 1.29 is 4.43 Å². The zero-order chi connectivity index (χ0) is 12.3. The normalized spacial score (nSPS) is 14.2. The maximum atomic E-state index is 6.10. The zero-order valence-electron chi connectivity index (χ0n) is 10.5. The van der Waals surface area contributed by atoms with Crippen LogP contribution in [0.3, 0.4) is 0 Å². The summed E-state index contributed by atoms with van der Waals surface area (Å²) < 4.78 is 7.10. The number of hydrogen-bond acceptors (Lipinski definition) is 2. The minimum absolute atomic E-state index is 0.0877. The third-order valence-electron chi connectivity index (χ3n) is 2.17. The monoisotopic (exact) mass is 300 g/mol. The van der Waals surface area contributed by atoms with Crippen LogP contribution in [-0.4, -0.2) is 14.0 Å². The van der Waals surface area contributed by atoms with Crippen LogP contribution in [0.1, 0.15) is 32.4 Å². The van der Waals surface area contributed by atoms with Gasteiger partial charge in [0.1, 0.15) is 0 Å². The number of halogens is 1. The molecule has 1 aromatic heterocycles. The van der Waals surface area contributed by atoms with Gasteiger partial charge in [0.15, 0.2) is 0 Å². The van der Waals surface area contributed by atoms with Crippen LogP contribution < -0.4 is 0 Å². The second kappa shape index (κ2) is 5.43. The summed E-state index contributed by atoms with van der Waals surface area (Å²) in [5.41, 5.74) is 1.23. The van der Waals surface area contributed by atoms with E-state index < -0.39 is 9.04 Å². The SMILES string of the molecule is C[Si](C)OC(c1cncc(Br)c1)C(C)(C)C. The summed E-state index contributed by atoms with van der Waals surface area (Å²) in [4.78, 5) is 4.21. The molecule has 0 spiro atoms. The molecule has 1 rings (SSSR count). The fraction of sp³-hybridized carbons (Fsp3) is 0.583. The van der Waals surface area contributed by atoms with Gasteiger partial charge in [-0.2, -0.15) is 0 Å². The molecule has 0 bridgehead atoms. The topological polar surface area (TPSA) is 22.1 Å². The van der Waals surface area contributed by atoms with Gasteiger partial charge in [0.2, 0.25) is 9.04 Å². The first kappa shape index (κ1) is 13.9. The lowest BCUT2D eigenvalue weighted by Gasteiger charge is -2.32. The van der Waals surface area contributed by atoms with Crippen molar-refractivity contribution in [2.24, 2.45) is 5.41 Å². The Morgan fingerprint density at radius 2 is 1.94 bits per heavy atom. The second-order valence-corrected chi connectivity index (χ2v) is 8.18. The smallest absolute Gasteiger partial charge is 0.205 e. The van der Waals surface area contributed by atoms with Crippen molar-refractivity contribution in [3.63, 3.8) is 0 Å². The van der Waals surface area contributed by atoms with E-state index in [9.17, 15) is 0 Å². The third-order valence-corrected chi connectivity index (χ3v) is 3.31. The van der Waals surface area contributed by atoms with Gasteiger partial charge in [0, 0.05) is 16.9 Å². The van der Waals surface area contributed by atoms with Crippen LogP contribution in [0.2, 0.25) is 13.1 Å². The van der Waals surface area contributed by atoms with Gasteiger partial charge >= 0.3 is 0 Å². The summed E-state index contributed by atoms with van der Waals surface area (Å²) in [6, 6.07) is 2.09. The lowest BCUT2D eigenvalue weighted by Crippen LogP contribution is -2.26. The molecule has 1 radical (unpaired) electrons. The number of hydrogen-bond donors (Lipinski definition) is 0. The van der Waals surface area contributed by atoms with Crippen LogP contribution in [0.25, 0.3) is 0 Å². The molecule has 0 fully saturated rings. The molecule has 89 valence electrons. The molecule has 0 saturated heterocycles. The molecular formula is C12H19BrNOSi. The fourth-order valence-corrected chi connectivity index (χ4v) is 2.90. The van der Waals surface area contributed by atoms with Crippen molar-refractivity contribution in [1.82, 2.24) is 4.98 Å². The van der Waals surface area contributed by atoms with Gasteiger partial charge in [0.05, 0.1) is 6.10 Å². The molecule has 1 atom stereocenters. The van der Waals surface area contributed by atoms with E-state index in [0.29, 0.717) is 0 Å². The van der Waals surface area contributed by atoms with Gasteiger partial charge in [-0.25, -0.2) is 0 Å². The van der Waals surface area contributed by atoms with Crippen molar-refractivity contribution in [1.29, 1.82) is 0 Å². The van der Waals surface area contributed by atoms with E-state index in [2.05, 4.69) is 60.8 Å².